The number of amides is 2. The second-order valence-corrected chi connectivity index (χ2v) is 7.76. The number of rotatable bonds is 9. The lowest BCUT2D eigenvalue weighted by Crippen LogP contribution is -2.56. The van der Waals surface area contributed by atoms with Gasteiger partial charge in [0, 0.05) is 18.6 Å². The van der Waals surface area contributed by atoms with Crippen molar-refractivity contribution in [1.82, 2.24) is 15.5 Å². The Balaban J connectivity index is 1.36. The molecule has 0 saturated heterocycles. The molecule has 1 heterocycles. The van der Waals surface area contributed by atoms with Gasteiger partial charge in [0.05, 0.1) is 18.0 Å². The van der Waals surface area contributed by atoms with E-state index < -0.39 is 5.97 Å². The van der Waals surface area contributed by atoms with Gasteiger partial charge in [-0.15, -0.1) is 11.3 Å². The Labute approximate surface area is 150 Å². The van der Waals surface area contributed by atoms with Crippen LogP contribution in [0.3, 0.4) is 0 Å². The van der Waals surface area contributed by atoms with Gasteiger partial charge in [0.2, 0.25) is 5.91 Å². The molecule has 2 amide bonds. The van der Waals surface area contributed by atoms with Gasteiger partial charge in [0.25, 0.3) is 5.91 Å². The summed E-state index contributed by atoms with van der Waals surface area (Å²) < 4.78 is 0. The quantitative estimate of drug-likeness (QED) is 0.604. The van der Waals surface area contributed by atoms with Gasteiger partial charge in [-0.3, -0.25) is 19.3 Å². The number of aliphatic carboxylic acids is 1. The molecule has 2 aliphatic rings. The molecule has 7 nitrogen and oxygen atoms in total. The molecule has 0 radical (unpaired) electrons. The summed E-state index contributed by atoms with van der Waals surface area (Å²) in [5, 5.41) is 16.4. The number of thiophene rings is 1. The minimum Gasteiger partial charge on any atom is -0.480 e. The maximum absolute atomic E-state index is 11.9. The van der Waals surface area contributed by atoms with E-state index in [4.69, 9.17) is 5.11 Å². The summed E-state index contributed by atoms with van der Waals surface area (Å²) >= 11 is 1.33. The normalized spacial score (nSPS) is 22.3. The molecule has 0 aromatic carbocycles. The van der Waals surface area contributed by atoms with Crippen molar-refractivity contribution in [3.05, 3.63) is 22.4 Å². The lowest BCUT2D eigenvalue weighted by molar-refractivity contribution is -0.140. The van der Waals surface area contributed by atoms with Crippen molar-refractivity contribution < 1.29 is 19.5 Å². The molecule has 0 aliphatic heterocycles. The predicted octanol–water partition coefficient (Wildman–Crippen LogP) is 0.922. The van der Waals surface area contributed by atoms with Crippen LogP contribution in [0.25, 0.3) is 0 Å². The molecular weight excluding hydrogens is 342 g/mol. The fourth-order valence-electron chi connectivity index (χ4n) is 3.09. The summed E-state index contributed by atoms with van der Waals surface area (Å²) in [7, 11) is 0. The highest BCUT2D eigenvalue weighted by molar-refractivity contribution is 7.12. The Morgan fingerprint density at radius 2 is 2.04 bits per heavy atom. The van der Waals surface area contributed by atoms with Crippen LogP contribution >= 0.6 is 11.3 Å². The first-order valence-corrected chi connectivity index (χ1v) is 9.46. The van der Waals surface area contributed by atoms with Crippen LogP contribution in [0.4, 0.5) is 0 Å². The van der Waals surface area contributed by atoms with Crippen molar-refractivity contribution >= 4 is 29.1 Å². The van der Waals surface area contributed by atoms with Gasteiger partial charge in [-0.05, 0) is 43.0 Å². The molecule has 2 fully saturated rings. The van der Waals surface area contributed by atoms with Crippen LogP contribution in [0.5, 0.6) is 0 Å². The molecule has 1 aromatic heterocycles. The number of nitrogens with one attached hydrogen (secondary N) is 2. The average Bonchev–Trinajstić information content (AvgIpc) is 3.16. The maximum atomic E-state index is 11.9. The first kappa shape index (κ1) is 17.9. The molecule has 2 aliphatic carbocycles. The zero-order chi connectivity index (χ0) is 17.8. The van der Waals surface area contributed by atoms with E-state index in [0.717, 1.165) is 19.4 Å². The SMILES string of the molecule is O=C(O)CN(CC1CC1)C1CC(NC(=O)CNC(=O)c2cccs2)C1. The summed E-state index contributed by atoms with van der Waals surface area (Å²) in [6.45, 7) is 0.867. The number of carbonyl (C=O) groups excluding carboxylic acids is 2. The van der Waals surface area contributed by atoms with Gasteiger partial charge in [0.15, 0.2) is 0 Å². The molecule has 0 unspecified atom stereocenters. The number of carboxylic acids is 1. The van der Waals surface area contributed by atoms with Gasteiger partial charge in [-0.1, -0.05) is 6.07 Å². The van der Waals surface area contributed by atoms with Gasteiger partial charge in [-0.25, -0.2) is 0 Å². The largest absolute Gasteiger partial charge is 0.480 e. The highest BCUT2D eigenvalue weighted by Crippen LogP contribution is 2.33. The lowest BCUT2D eigenvalue weighted by atomic mass is 9.85. The fraction of sp³-hybridized carbons (Fsp3) is 0.588. The fourth-order valence-corrected chi connectivity index (χ4v) is 3.73. The summed E-state index contributed by atoms with van der Waals surface area (Å²) in [5.74, 6) is -0.612. The lowest BCUT2D eigenvalue weighted by Gasteiger charge is -2.42. The molecule has 3 N–H and O–H groups in total. The van der Waals surface area contributed by atoms with Crippen LogP contribution in [0.2, 0.25) is 0 Å². The van der Waals surface area contributed by atoms with Gasteiger partial charge in [-0.2, -0.15) is 0 Å². The van der Waals surface area contributed by atoms with E-state index in [0.29, 0.717) is 10.8 Å². The molecular formula is C17H23N3O4S. The summed E-state index contributed by atoms with van der Waals surface area (Å²) in [5.41, 5.74) is 0. The highest BCUT2D eigenvalue weighted by Gasteiger charge is 2.37. The van der Waals surface area contributed by atoms with Gasteiger partial charge < -0.3 is 15.7 Å². The smallest absolute Gasteiger partial charge is 0.317 e. The minimum atomic E-state index is -0.801. The molecule has 0 bridgehead atoms. The van der Waals surface area contributed by atoms with Crippen molar-refractivity contribution in [2.24, 2.45) is 5.92 Å². The third-order valence-corrected chi connectivity index (χ3v) is 5.55. The van der Waals surface area contributed by atoms with E-state index in [1.807, 2.05) is 10.3 Å². The van der Waals surface area contributed by atoms with Crippen molar-refractivity contribution in [3.63, 3.8) is 0 Å². The van der Waals surface area contributed by atoms with E-state index in [1.54, 1.807) is 12.1 Å². The molecule has 25 heavy (non-hydrogen) atoms. The first-order valence-electron chi connectivity index (χ1n) is 8.58. The van der Waals surface area contributed by atoms with Gasteiger partial charge >= 0.3 is 5.97 Å². The number of carbonyl (C=O) groups is 3. The molecule has 3 rings (SSSR count). The zero-order valence-corrected chi connectivity index (χ0v) is 14.8. The van der Waals surface area contributed by atoms with E-state index in [9.17, 15) is 14.4 Å². The standard InChI is InChI=1S/C17H23N3O4S/c21-15(8-18-17(24)14-2-1-5-25-14)19-12-6-13(7-12)20(10-16(22)23)9-11-3-4-11/h1-2,5,11-13H,3-4,6-10H2,(H,18,24)(H,19,21)(H,22,23). The highest BCUT2D eigenvalue weighted by atomic mass is 32.1. The third-order valence-electron chi connectivity index (χ3n) is 4.68. The Morgan fingerprint density at radius 1 is 1.28 bits per heavy atom. The molecule has 0 atom stereocenters. The van der Waals surface area contributed by atoms with Crippen molar-refractivity contribution in [1.29, 1.82) is 0 Å². The second-order valence-electron chi connectivity index (χ2n) is 6.82. The molecule has 1 aromatic rings. The van der Waals surface area contributed by atoms with Crippen LogP contribution in [0, 0.1) is 5.92 Å². The average molecular weight is 365 g/mol. The minimum absolute atomic E-state index is 0.0428. The molecule has 136 valence electrons. The maximum Gasteiger partial charge on any atom is 0.317 e. The van der Waals surface area contributed by atoms with Crippen LogP contribution in [-0.2, 0) is 9.59 Å². The van der Waals surface area contributed by atoms with Crippen LogP contribution < -0.4 is 10.6 Å². The van der Waals surface area contributed by atoms with Crippen molar-refractivity contribution in [3.8, 4) is 0 Å². The Morgan fingerprint density at radius 3 is 2.64 bits per heavy atom. The van der Waals surface area contributed by atoms with E-state index in [-0.39, 0.29) is 37.0 Å². The van der Waals surface area contributed by atoms with Crippen molar-refractivity contribution in [2.45, 2.75) is 37.8 Å². The molecule has 0 spiro atoms. The van der Waals surface area contributed by atoms with Crippen LogP contribution in [-0.4, -0.2) is 59.5 Å². The Hall–Kier alpha value is -1.93. The summed E-state index contributed by atoms with van der Waals surface area (Å²) in [6, 6.07) is 3.79. The number of nitrogens with zero attached hydrogens (tertiary/aromatic N) is 1. The summed E-state index contributed by atoms with van der Waals surface area (Å²) in [6.07, 6.45) is 3.91. The van der Waals surface area contributed by atoms with E-state index in [1.165, 1.54) is 24.2 Å². The third kappa shape index (κ3) is 5.27. The first-order chi connectivity index (χ1) is 12.0. The van der Waals surface area contributed by atoms with Crippen molar-refractivity contribution in [2.75, 3.05) is 19.6 Å². The summed E-state index contributed by atoms with van der Waals surface area (Å²) in [4.78, 5) is 37.3. The van der Waals surface area contributed by atoms with Crippen LogP contribution in [0.15, 0.2) is 17.5 Å². The molecule has 8 heteroatoms. The van der Waals surface area contributed by atoms with E-state index >= 15 is 0 Å². The van der Waals surface area contributed by atoms with Crippen LogP contribution in [0.1, 0.15) is 35.4 Å². The zero-order valence-electron chi connectivity index (χ0n) is 13.9. The number of hydrogen-bond acceptors (Lipinski definition) is 5. The Kier molecular flexibility index (Phi) is 5.70. The monoisotopic (exact) mass is 365 g/mol. The van der Waals surface area contributed by atoms with Gasteiger partial charge in [0.1, 0.15) is 0 Å². The topological polar surface area (TPSA) is 98.7 Å². The predicted molar refractivity (Wildman–Crippen MR) is 93.5 cm³/mol. The number of carboxylic acid groups (broad SMARTS) is 1. The van der Waals surface area contributed by atoms with E-state index in [2.05, 4.69) is 10.6 Å². The number of hydrogen-bond donors (Lipinski definition) is 3. The molecule has 2 saturated carbocycles. The second kappa shape index (κ2) is 7.97. The Bertz CT molecular complexity index is 624.